The Balaban J connectivity index is 1.23. The maximum absolute atomic E-state index is 12.6. The number of fused-ring (bicyclic) bond motifs is 1. The van der Waals surface area contributed by atoms with Gasteiger partial charge in [0.15, 0.2) is 6.61 Å². The van der Waals surface area contributed by atoms with E-state index in [0.717, 1.165) is 16.8 Å². The van der Waals surface area contributed by atoms with E-state index in [-0.39, 0.29) is 11.5 Å². The lowest BCUT2D eigenvalue weighted by Crippen LogP contribution is -2.29. The zero-order valence-corrected chi connectivity index (χ0v) is 18.3. The molecule has 2 heterocycles. The lowest BCUT2D eigenvalue weighted by molar-refractivity contribution is -0.134. The number of hydrazone groups is 1. The van der Waals surface area contributed by atoms with E-state index in [9.17, 15) is 14.4 Å². The van der Waals surface area contributed by atoms with E-state index in [1.54, 1.807) is 12.1 Å². The van der Waals surface area contributed by atoms with Crippen molar-refractivity contribution in [3.05, 3.63) is 107 Å². The molecule has 0 bridgehead atoms. The molecular formula is C27H22N2O5. The van der Waals surface area contributed by atoms with Crippen molar-refractivity contribution in [1.29, 1.82) is 0 Å². The van der Waals surface area contributed by atoms with Gasteiger partial charge in [-0.25, -0.2) is 14.6 Å². The van der Waals surface area contributed by atoms with Gasteiger partial charge in [0, 0.05) is 12.8 Å². The van der Waals surface area contributed by atoms with Gasteiger partial charge < -0.3 is 9.47 Å². The van der Waals surface area contributed by atoms with Crippen LogP contribution >= 0.6 is 0 Å². The number of esters is 2. The van der Waals surface area contributed by atoms with Crippen molar-refractivity contribution in [3.63, 3.8) is 0 Å². The number of benzene rings is 3. The number of hydrogen-bond acceptors (Lipinski definition) is 6. The minimum atomic E-state index is -0.627. The normalized spacial score (nSPS) is 16.9. The summed E-state index contributed by atoms with van der Waals surface area (Å²) in [7, 11) is 0. The molecule has 3 aromatic rings. The number of hydrogen-bond donors (Lipinski definition) is 0. The third-order valence-electron chi connectivity index (χ3n) is 5.91. The Labute approximate surface area is 196 Å². The molecule has 2 aliphatic heterocycles. The third kappa shape index (κ3) is 4.45. The summed E-state index contributed by atoms with van der Waals surface area (Å²) in [4.78, 5) is 37.6. The van der Waals surface area contributed by atoms with Gasteiger partial charge in [-0.2, -0.15) is 5.10 Å². The first-order valence-electron chi connectivity index (χ1n) is 11.1. The molecule has 34 heavy (non-hydrogen) atoms. The molecule has 1 atom stereocenters. The molecule has 0 aromatic heterocycles. The van der Waals surface area contributed by atoms with Crippen molar-refractivity contribution in [3.8, 4) is 0 Å². The Morgan fingerprint density at radius 3 is 2.50 bits per heavy atom. The summed E-state index contributed by atoms with van der Waals surface area (Å²) in [5, 5.41) is 5.71. The van der Waals surface area contributed by atoms with Gasteiger partial charge in [-0.3, -0.25) is 4.79 Å². The van der Waals surface area contributed by atoms with Gasteiger partial charge in [-0.1, -0.05) is 60.7 Å². The molecule has 0 N–H and O–H groups in total. The second-order valence-electron chi connectivity index (χ2n) is 8.14. The van der Waals surface area contributed by atoms with Crippen molar-refractivity contribution in [2.75, 3.05) is 13.2 Å². The largest absolute Gasteiger partial charge is 0.454 e. The molecule has 0 saturated heterocycles. The van der Waals surface area contributed by atoms with Crippen LogP contribution in [0.25, 0.3) is 0 Å². The van der Waals surface area contributed by atoms with E-state index in [0.29, 0.717) is 30.5 Å². The second-order valence-corrected chi connectivity index (χ2v) is 8.14. The van der Waals surface area contributed by atoms with Gasteiger partial charge in [0.25, 0.3) is 5.91 Å². The van der Waals surface area contributed by atoms with E-state index in [1.165, 1.54) is 11.1 Å². The maximum Gasteiger partial charge on any atom is 0.339 e. The summed E-state index contributed by atoms with van der Waals surface area (Å²) in [5.74, 6) is -1.44. The highest BCUT2D eigenvalue weighted by Gasteiger charge is 2.29. The topological polar surface area (TPSA) is 85.3 Å². The van der Waals surface area contributed by atoms with Crippen LogP contribution in [0.1, 0.15) is 49.9 Å². The quantitative estimate of drug-likeness (QED) is 0.546. The maximum atomic E-state index is 12.6. The smallest absolute Gasteiger partial charge is 0.339 e. The fourth-order valence-corrected chi connectivity index (χ4v) is 4.13. The molecule has 7 nitrogen and oxygen atoms in total. The van der Waals surface area contributed by atoms with Crippen molar-refractivity contribution >= 4 is 23.6 Å². The van der Waals surface area contributed by atoms with Crippen LogP contribution in [0.2, 0.25) is 0 Å². The Morgan fingerprint density at radius 1 is 1.00 bits per heavy atom. The van der Waals surface area contributed by atoms with Crippen LogP contribution in [0.15, 0.2) is 84.0 Å². The fourth-order valence-electron chi connectivity index (χ4n) is 4.13. The van der Waals surface area contributed by atoms with Crippen LogP contribution < -0.4 is 0 Å². The van der Waals surface area contributed by atoms with E-state index in [1.807, 2.05) is 60.7 Å². The summed E-state index contributed by atoms with van der Waals surface area (Å²) in [6.07, 6.45) is 0.684. The Bertz CT molecular complexity index is 1270. The first-order valence-corrected chi connectivity index (χ1v) is 11.1. The second kappa shape index (κ2) is 9.31. The molecule has 1 unspecified atom stereocenters. The molecule has 0 saturated carbocycles. The van der Waals surface area contributed by atoms with Crippen LogP contribution in [-0.4, -0.2) is 41.7 Å². The number of nitrogens with zero attached hydrogens (tertiary/aromatic N) is 2. The van der Waals surface area contributed by atoms with E-state index < -0.39 is 24.6 Å². The number of cyclic esters (lactones) is 1. The summed E-state index contributed by atoms with van der Waals surface area (Å²) in [6.45, 7) is 0.0403. The molecule has 0 fully saturated rings. The zero-order valence-electron chi connectivity index (χ0n) is 18.3. The molecule has 5 rings (SSSR count). The monoisotopic (exact) mass is 454 g/mol. The SMILES string of the molecule is O=C(OCC(=O)N1CCC(c2ccccc2)=N1)c1ccc2c(c1)CC(c1ccccc1)OC2=O. The Kier molecular flexibility index (Phi) is 5.91. The highest BCUT2D eigenvalue weighted by molar-refractivity contribution is 6.03. The summed E-state index contributed by atoms with van der Waals surface area (Å²) in [5.41, 5.74) is 4.11. The van der Waals surface area contributed by atoms with Crippen LogP contribution in [0, 0.1) is 0 Å². The van der Waals surface area contributed by atoms with Crippen LogP contribution in [0.3, 0.4) is 0 Å². The van der Waals surface area contributed by atoms with Crippen molar-refractivity contribution in [1.82, 2.24) is 5.01 Å². The average molecular weight is 454 g/mol. The molecule has 170 valence electrons. The highest BCUT2D eigenvalue weighted by Crippen LogP contribution is 2.31. The van der Waals surface area contributed by atoms with E-state index >= 15 is 0 Å². The third-order valence-corrected chi connectivity index (χ3v) is 5.91. The predicted molar refractivity (Wildman–Crippen MR) is 124 cm³/mol. The highest BCUT2D eigenvalue weighted by atomic mass is 16.5. The molecule has 0 radical (unpaired) electrons. The van der Waals surface area contributed by atoms with Gasteiger partial charge in [0.2, 0.25) is 0 Å². The van der Waals surface area contributed by atoms with Crippen LogP contribution in [-0.2, 0) is 20.7 Å². The minimum absolute atomic E-state index is 0.281. The molecular weight excluding hydrogens is 432 g/mol. The fraction of sp³-hybridized carbons (Fsp3) is 0.185. The van der Waals surface area contributed by atoms with Gasteiger partial charge in [-0.15, -0.1) is 0 Å². The first-order chi connectivity index (χ1) is 16.6. The molecule has 0 spiro atoms. The average Bonchev–Trinajstić information content (AvgIpc) is 3.38. The van der Waals surface area contributed by atoms with Crippen LogP contribution in [0.4, 0.5) is 0 Å². The summed E-state index contributed by atoms with van der Waals surface area (Å²) >= 11 is 0. The van der Waals surface area contributed by atoms with Crippen LogP contribution in [0.5, 0.6) is 0 Å². The van der Waals surface area contributed by atoms with Crippen molar-refractivity contribution < 1.29 is 23.9 Å². The van der Waals surface area contributed by atoms with Gasteiger partial charge in [-0.05, 0) is 34.9 Å². The van der Waals surface area contributed by atoms with Gasteiger partial charge in [0.1, 0.15) is 6.10 Å². The molecule has 0 aliphatic carbocycles. The Morgan fingerprint density at radius 2 is 1.74 bits per heavy atom. The van der Waals surface area contributed by atoms with E-state index in [2.05, 4.69) is 5.10 Å². The van der Waals surface area contributed by atoms with E-state index in [4.69, 9.17) is 9.47 Å². The summed E-state index contributed by atoms with van der Waals surface area (Å²) < 4.78 is 10.8. The number of rotatable bonds is 5. The molecule has 1 amide bonds. The number of ether oxygens (including phenoxy) is 2. The van der Waals surface area contributed by atoms with Gasteiger partial charge in [0.05, 0.1) is 23.4 Å². The van der Waals surface area contributed by atoms with Crippen molar-refractivity contribution in [2.45, 2.75) is 18.9 Å². The minimum Gasteiger partial charge on any atom is -0.454 e. The number of carbonyl (C=O) groups excluding carboxylic acids is 3. The lowest BCUT2D eigenvalue weighted by atomic mass is 9.93. The van der Waals surface area contributed by atoms with Crippen molar-refractivity contribution in [2.24, 2.45) is 5.10 Å². The summed E-state index contributed by atoms with van der Waals surface area (Å²) in [6, 6.07) is 23.8. The number of amides is 1. The molecule has 3 aromatic carbocycles. The first kappa shape index (κ1) is 21.6. The standard InChI is InChI=1S/C27H22N2O5/c30-25(29-14-13-23(28-29)18-7-3-1-4-8-18)17-33-26(31)20-11-12-22-21(15-20)16-24(34-27(22)32)19-9-5-2-6-10-19/h1-12,15,24H,13-14,16-17H2. The van der Waals surface area contributed by atoms with Gasteiger partial charge >= 0.3 is 11.9 Å². The Hall–Kier alpha value is -4.26. The lowest BCUT2D eigenvalue weighted by Gasteiger charge is -2.25. The number of carbonyl (C=O) groups is 3. The zero-order chi connectivity index (χ0) is 23.5. The molecule has 2 aliphatic rings. The predicted octanol–water partition coefficient (Wildman–Crippen LogP) is 3.93. The molecule has 7 heteroatoms.